The first-order valence-electron chi connectivity index (χ1n) is 9.42. The Hall–Kier alpha value is -2.70. The van der Waals surface area contributed by atoms with E-state index in [9.17, 15) is 9.18 Å². The van der Waals surface area contributed by atoms with Crippen LogP contribution < -0.4 is 0 Å². The molecule has 1 aromatic heterocycles. The first-order chi connectivity index (χ1) is 14.0. The minimum atomic E-state index is -0.499. The molecule has 0 bridgehead atoms. The Morgan fingerprint density at radius 1 is 1.17 bits per heavy atom. The Bertz CT molecular complexity index is 1030. The summed E-state index contributed by atoms with van der Waals surface area (Å²) in [7, 11) is 1.90. The smallest absolute Gasteiger partial charge is 0.257 e. The van der Waals surface area contributed by atoms with E-state index in [-0.39, 0.29) is 11.5 Å². The van der Waals surface area contributed by atoms with Crippen LogP contribution in [0.15, 0.2) is 48.5 Å². The van der Waals surface area contributed by atoms with Crippen LogP contribution in [0.1, 0.15) is 32.9 Å². The van der Waals surface area contributed by atoms with Crippen LogP contribution in [-0.2, 0) is 38.0 Å². The van der Waals surface area contributed by atoms with Gasteiger partial charge in [-0.15, -0.1) is 0 Å². The Morgan fingerprint density at radius 3 is 2.69 bits per heavy atom. The number of halogens is 2. The molecule has 0 saturated heterocycles. The largest absolute Gasteiger partial charge is 0.370 e. The van der Waals surface area contributed by atoms with Crippen LogP contribution in [0.25, 0.3) is 0 Å². The molecule has 29 heavy (non-hydrogen) atoms. The quantitative estimate of drug-likeness (QED) is 0.632. The highest BCUT2D eigenvalue weighted by molar-refractivity contribution is 6.30. The number of carbonyl (C=O) groups excluding carboxylic acids is 1. The maximum atomic E-state index is 14.0. The zero-order valence-corrected chi connectivity index (χ0v) is 16.8. The molecular formula is C22H21ClFN3O2. The molecule has 0 saturated carbocycles. The molecule has 0 aliphatic carbocycles. The van der Waals surface area contributed by atoms with E-state index in [4.69, 9.17) is 16.3 Å². The minimum absolute atomic E-state index is 0.0976. The number of benzene rings is 2. The van der Waals surface area contributed by atoms with Crippen molar-refractivity contribution in [2.24, 2.45) is 7.05 Å². The van der Waals surface area contributed by atoms with Gasteiger partial charge >= 0.3 is 0 Å². The fourth-order valence-corrected chi connectivity index (χ4v) is 3.74. The van der Waals surface area contributed by atoms with E-state index >= 15 is 0 Å². The van der Waals surface area contributed by atoms with Gasteiger partial charge in [-0.3, -0.25) is 9.48 Å². The van der Waals surface area contributed by atoms with Crippen molar-refractivity contribution in [3.8, 4) is 0 Å². The van der Waals surface area contributed by atoms with Gasteiger partial charge < -0.3 is 9.64 Å². The number of hydrogen-bond donors (Lipinski definition) is 0. The van der Waals surface area contributed by atoms with Crippen molar-refractivity contribution in [3.05, 3.63) is 87.4 Å². The summed E-state index contributed by atoms with van der Waals surface area (Å²) >= 11 is 5.91. The summed E-state index contributed by atoms with van der Waals surface area (Å²) in [6.45, 7) is 1.72. The summed E-state index contributed by atoms with van der Waals surface area (Å²) in [4.78, 5) is 14.5. The minimum Gasteiger partial charge on any atom is -0.370 e. The number of hydrogen-bond acceptors (Lipinski definition) is 3. The van der Waals surface area contributed by atoms with Crippen molar-refractivity contribution < 1.29 is 13.9 Å². The van der Waals surface area contributed by atoms with Gasteiger partial charge in [0.05, 0.1) is 24.5 Å². The topological polar surface area (TPSA) is 47.4 Å². The van der Waals surface area contributed by atoms with Crippen molar-refractivity contribution in [2.45, 2.75) is 26.2 Å². The Labute approximate surface area is 173 Å². The average molecular weight is 414 g/mol. The maximum absolute atomic E-state index is 14.0. The van der Waals surface area contributed by atoms with E-state index in [0.717, 1.165) is 22.5 Å². The van der Waals surface area contributed by atoms with Gasteiger partial charge in [-0.2, -0.15) is 5.10 Å². The summed E-state index contributed by atoms with van der Waals surface area (Å²) in [6.07, 6.45) is 0.677. The van der Waals surface area contributed by atoms with Gasteiger partial charge in [0.2, 0.25) is 0 Å². The summed E-state index contributed by atoms with van der Waals surface area (Å²) in [5, 5.41) is 5.27. The van der Waals surface area contributed by atoms with Crippen molar-refractivity contribution >= 4 is 17.5 Å². The summed E-state index contributed by atoms with van der Waals surface area (Å²) in [6, 6.07) is 13.6. The van der Waals surface area contributed by atoms with Crippen LogP contribution in [0.2, 0.25) is 5.02 Å². The summed E-state index contributed by atoms with van der Waals surface area (Å²) < 4.78 is 21.7. The first kappa shape index (κ1) is 19.6. The van der Waals surface area contributed by atoms with E-state index < -0.39 is 5.82 Å². The van der Waals surface area contributed by atoms with Crippen LogP contribution in [0.4, 0.5) is 4.39 Å². The standard InChI is InChI=1S/C22H21ClFN3O2/c1-26-21-10-11-27(22(28)17-4-2-3-5-19(17)24)12-18(21)20(25-26)14-29-13-15-6-8-16(23)9-7-15/h2-9H,10-14H2,1H3. The van der Waals surface area contributed by atoms with Crippen LogP contribution in [0, 0.1) is 5.82 Å². The van der Waals surface area contributed by atoms with Gasteiger partial charge in [-0.05, 0) is 29.8 Å². The monoisotopic (exact) mass is 413 g/mol. The molecule has 4 rings (SSSR count). The lowest BCUT2D eigenvalue weighted by Crippen LogP contribution is -2.37. The third-order valence-corrected chi connectivity index (χ3v) is 5.39. The molecule has 1 aliphatic rings. The van der Waals surface area contributed by atoms with E-state index in [0.29, 0.717) is 37.7 Å². The lowest BCUT2D eigenvalue weighted by Gasteiger charge is -2.28. The van der Waals surface area contributed by atoms with Crippen molar-refractivity contribution in [2.75, 3.05) is 6.54 Å². The third-order valence-electron chi connectivity index (χ3n) is 5.14. The first-order valence-corrected chi connectivity index (χ1v) is 9.80. The number of amides is 1. The fourth-order valence-electron chi connectivity index (χ4n) is 3.61. The van der Waals surface area contributed by atoms with Crippen LogP contribution in [0.3, 0.4) is 0 Å². The molecule has 3 aromatic rings. The molecule has 0 N–H and O–H groups in total. The molecule has 2 heterocycles. The van der Waals surface area contributed by atoms with Gasteiger partial charge in [0.15, 0.2) is 0 Å². The van der Waals surface area contributed by atoms with Crippen molar-refractivity contribution in [1.82, 2.24) is 14.7 Å². The van der Waals surface area contributed by atoms with E-state index in [1.54, 1.807) is 17.0 Å². The van der Waals surface area contributed by atoms with Gasteiger partial charge in [0.1, 0.15) is 5.82 Å². The number of rotatable bonds is 5. The molecule has 2 aromatic carbocycles. The number of ether oxygens (including phenoxy) is 1. The molecule has 1 amide bonds. The Balaban J connectivity index is 1.47. The molecule has 0 fully saturated rings. The second-order valence-corrected chi connectivity index (χ2v) is 7.51. The molecule has 1 aliphatic heterocycles. The van der Waals surface area contributed by atoms with Crippen molar-refractivity contribution in [1.29, 1.82) is 0 Å². The molecule has 150 valence electrons. The van der Waals surface area contributed by atoms with Crippen LogP contribution in [0.5, 0.6) is 0 Å². The predicted octanol–water partition coefficient (Wildman–Crippen LogP) is 4.13. The molecule has 5 nitrogen and oxygen atoms in total. The zero-order valence-electron chi connectivity index (χ0n) is 16.1. The highest BCUT2D eigenvalue weighted by Gasteiger charge is 2.28. The third kappa shape index (κ3) is 4.18. The Morgan fingerprint density at radius 2 is 1.93 bits per heavy atom. The second kappa shape index (κ2) is 8.35. The van der Waals surface area contributed by atoms with E-state index in [1.807, 2.05) is 36.0 Å². The number of nitrogens with zero attached hydrogens (tertiary/aromatic N) is 3. The molecule has 7 heteroatoms. The van der Waals surface area contributed by atoms with Gasteiger partial charge in [-0.25, -0.2) is 4.39 Å². The number of aryl methyl sites for hydroxylation is 1. The predicted molar refractivity (Wildman–Crippen MR) is 108 cm³/mol. The fraction of sp³-hybridized carbons (Fsp3) is 0.273. The number of fused-ring (bicyclic) bond motifs is 1. The SMILES string of the molecule is Cn1nc(COCc2ccc(Cl)cc2)c2c1CCN(C(=O)c1ccccc1F)C2. The molecule has 0 unspecified atom stereocenters. The maximum Gasteiger partial charge on any atom is 0.257 e. The molecule has 0 radical (unpaired) electrons. The number of carbonyl (C=O) groups is 1. The van der Waals surface area contributed by atoms with Gasteiger partial charge in [-0.1, -0.05) is 35.9 Å². The normalized spacial score (nSPS) is 13.4. The van der Waals surface area contributed by atoms with Crippen LogP contribution in [-0.4, -0.2) is 27.1 Å². The van der Waals surface area contributed by atoms with Gasteiger partial charge in [0, 0.05) is 42.8 Å². The molecular weight excluding hydrogens is 393 g/mol. The average Bonchev–Trinajstić information content (AvgIpc) is 3.04. The zero-order chi connectivity index (χ0) is 20.4. The van der Waals surface area contributed by atoms with Gasteiger partial charge in [0.25, 0.3) is 5.91 Å². The summed E-state index contributed by atoms with van der Waals surface area (Å²) in [5.74, 6) is -0.799. The molecule has 0 spiro atoms. The second-order valence-electron chi connectivity index (χ2n) is 7.07. The van der Waals surface area contributed by atoms with Crippen molar-refractivity contribution in [3.63, 3.8) is 0 Å². The summed E-state index contributed by atoms with van der Waals surface area (Å²) in [5.41, 5.74) is 4.01. The lowest BCUT2D eigenvalue weighted by atomic mass is 10.0. The van der Waals surface area contributed by atoms with Crippen LogP contribution >= 0.6 is 11.6 Å². The highest BCUT2D eigenvalue weighted by atomic mass is 35.5. The lowest BCUT2D eigenvalue weighted by molar-refractivity contribution is 0.0723. The highest BCUT2D eigenvalue weighted by Crippen LogP contribution is 2.25. The number of aromatic nitrogens is 2. The Kier molecular flexibility index (Phi) is 5.65. The van der Waals surface area contributed by atoms with E-state index in [2.05, 4.69) is 5.10 Å². The molecule has 0 atom stereocenters. The van der Waals surface area contributed by atoms with E-state index in [1.165, 1.54) is 12.1 Å².